The van der Waals surface area contributed by atoms with Crippen LogP contribution in [0.4, 0.5) is 5.69 Å². The molecule has 0 aliphatic heterocycles. The fourth-order valence-electron chi connectivity index (χ4n) is 2.54. The molecule has 1 saturated carbocycles. The number of carbonyl (C=O) groups excluding carboxylic acids is 1. The molecule has 2 rings (SSSR count). The highest BCUT2D eigenvalue weighted by atomic mass is 16.5. The largest absolute Gasteiger partial charge is 0.489 e. The summed E-state index contributed by atoms with van der Waals surface area (Å²) in [5.74, 6) is 0.877. The maximum absolute atomic E-state index is 12.3. The molecule has 4 heteroatoms. The van der Waals surface area contributed by atoms with Gasteiger partial charge in [0.25, 0.3) is 0 Å². The van der Waals surface area contributed by atoms with Crippen LogP contribution in [0.5, 0.6) is 5.75 Å². The lowest BCUT2D eigenvalue weighted by atomic mass is 9.86. The predicted molar refractivity (Wildman–Crippen MR) is 80.8 cm³/mol. The van der Waals surface area contributed by atoms with Gasteiger partial charge in [0.2, 0.25) is 5.91 Å². The van der Waals surface area contributed by atoms with Gasteiger partial charge in [-0.15, -0.1) is 0 Å². The lowest BCUT2D eigenvalue weighted by Crippen LogP contribution is -2.32. The number of para-hydroxylation sites is 2. The summed E-state index contributed by atoms with van der Waals surface area (Å²) in [6.07, 6.45) is 3.70. The van der Waals surface area contributed by atoms with Crippen LogP contribution in [0.2, 0.25) is 0 Å². The number of benzene rings is 1. The van der Waals surface area contributed by atoms with E-state index in [4.69, 9.17) is 10.5 Å². The summed E-state index contributed by atoms with van der Waals surface area (Å²) in [7, 11) is 0. The summed E-state index contributed by atoms with van der Waals surface area (Å²) in [6, 6.07) is 7.83. The highest BCUT2D eigenvalue weighted by Gasteiger charge is 2.25. The van der Waals surface area contributed by atoms with E-state index < -0.39 is 0 Å². The Balaban J connectivity index is 2.00. The van der Waals surface area contributed by atoms with Crippen molar-refractivity contribution in [2.45, 2.75) is 51.7 Å². The van der Waals surface area contributed by atoms with Crippen molar-refractivity contribution < 1.29 is 9.53 Å². The maximum atomic E-state index is 12.3. The number of rotatable bonds is 4. The molecule has 0 saturated heterocycles. The van der Waals surface area contributed by atoms with Gasteiger partial charge >= 0.3 is 0 Å². The number of hydrogen-bond donors (Lipinski definition) is 2. The number of hydrogen-bond acceptors (Lipinski definition) is 3. The molecule has 1 amide bonds. The topological polar surface area (TPSA) is 64.3 Å². The van der Waals surface area contributed by atoms with Crippen LogP contribution in [-0.2, 0) is 4.79 Å². The lowest BCUT2D eigenvalue weighted by molar-refractivity contribution is -0.120. The minimum Gasteiger partial charge on any atom is -0.489 e. The molecular weight excluding hydrogens is 252 g/mol. The maximum Gasteiger partial charge on any atom is 0.227 e. The van der Waals surface area contributed by atoms with E-state index in [1.165, 1.54) is 0 Å². The second kappa shape index (κ2) is 6.75. The molecule has 0 radical (unpaired) electrons. The van der Waals surface area contributed by atoms with Gasteiger partial charge in [0.15, 0.2) is 0 Å². The number of nitrogens with two attached hydrogens (primary N) is 1. The Hall–Kier alpha value is -1.55. The van der Waals surface area contributed by atoms with E-state index in [1.807, 2.05) is 38.1 Å². The molecule has 0 bridgehead atoms. The van der Waals surface area contributed by atoms with Crippen LogP contribution in [0.25, 0.3) is 0 Å². The van der Waals surface area contributed by atoms with E-state index in [2.05, 4.69) is 5.32 Å². The molecule has 3 N–H and O–H groups in total. The van der Waals surface area contributed by atoms with Crippen molar-refractivity contribution >= 4 is 11.6 Å². The van der Waals surface area contributed by atoms with Crippen molar-refractivity contribution in [2.24, 2.45) is 11.7 Å². The van der Waals surface area contributed by atoms with Crippen LogP contribution < -0.4 is 15.8 Å². The van der Waals surface area contributed by atoms with E-state index in [-0.39, 0.29) is 24.0 Å². The molecule has 0 atom stereocenters. The van der Waals surface area contributed by atoms with Crippen molar-refractivity contribution in [2.75, 3.05) is 5.32 Å². The fourth-order valence-corrected chi connectivity index (χ4v) is 2.54. The van der Waals surface area contributed by atoms with E-state index in [9.17, 15) is 4.79 Å². The summed E-state index contributed by atoms with van der Waals surface area (Å²) < 4.78 is 5.72. The first-order chi connectivity index (χ1) is 9.56. The average molecular weight is 276 g/mol. The minimum absolute atomic E-state index is 0.0712. The van der Waals surface area contributed by atoms with Gasteiger partial charge in [-0.3, -0.25) is 4.79 Å². The third-order valence-corrected chi connectivity index (χ3v) is 3.65. The summed E-state index contributed by atoms with van der Waals surface area (Å²) >= 11 is 0. The monoisotopic (exact) mass is 276 g/mol. The van der Waals surface area contributed by atoms with Gasteiger partial charge < -0.3 is 15.8 Å². The summed E-state index contributed by atoms with van der Waals surface area (Å²) in [6.45, 7) is 3.95. The second-order valence-corrected chi connectivity index (χ2v) is 5.76. The average Bonchev–Trinajstić information content (AvgIpc) is 2.41. The molecule has 1 aromatic rings. The predicted octanol–water partition coefficient (Wildman–Crippen LogP) is 2.93. The smallest absolute Gasteiger partial charge is 0.227 e. The quantitative estimate of drug-likeness (QED) is 0.888. The Morgan fingerprint density at radius 1 is 1.25 bits per heavy atom. The summed E-state index contributed by atoms with van der Waals surface area (Å²) in [5.41, 5.74) is 6.63. The molecule has 1 aliphatic rings. The van der Waals surface area contributed by atoms with Crippen molar-refractivity contribution in [1.29, 1.82) is 0 Å². The van der Waals surface area contributed by atoms with Gasteiger partial charge in [0, 0.05) is 12.0 Å². The van der Waals surface area contributed by atoms with E-state index >= 15 is 0 Å². The first kappa shape index (κ1) is 14.9. The Labute approximate surface area is 120 Å². The molecule has 110 valence electrons. The zero-order chi connectivity index (χ0) is 14.5. The third kappa shape index (κ3) is 3.97. The zero-order valence-electron chi connectivity index (χ0n) is 12.3. The van der Waals surface area contributed by atoms with Gasteiger partial charge in [0.1, 0.15) is 5.75 Å². The van der Waals surface area contributed by atoms with Crippen molar-refractivity contribution in [3.63, 3.8) is 0 Å². The van der Waals surface area contributed by atoms with Gasteiger partial charge in [-0.1, -0.05) is 12.1 Å². The van der Waals surface area contributed by atoms with Crippen LogP contribution in [0.15, 0.2) is 24.3 Å². The van der Waals surface area contributed by atoms with Gasteiger partial charge in [-0.2, -0.15) is 0 Å². The Morgan fingerprint density at radius 3 is 2.55 bits per heavy atom. The highest BCUT2D eigenvalue weighted by molar-refractivity contribution is 5.94. The van der Waals surface area contributed by atoms with Crippen molar-refractivity contribution in [3.05, 3.63) is 24.3 Å². The van der Waals surface area contributed by atoms with Gasteiger partial charge in [-0.25, -0.2) is 0 Å². The zero-order valence-corrected chi connectivity index (χ0v) is 12.3. The minimum atomic E-state index is 0.0712. The van der Waals surface area contributed by atoms with Crippen LogP contribution in [0.3, 0.4) is 0 Å². The van der Waals surface area contributed by atoms with E-state index in [0.29, 0.717) is 0 Å². The Kier molecular flexibility index (Phi) is 5.01. The first-order valence-corrected chi connectivity index (χ1v) is 7.38. The second-order valence-electron chi connectivity index (χ2n) is 5.76. The molecule has 0 aromatic heterocycles. The molecule has 20 heavy (non-hydrogen) atoms. The van der Waals surface area contributed by atoms with E-state index in [0.717, 1.165) is 37.1 Å². The number of ether oxygens (including phenoxy) is 1. The highest BCUT2D eigenvalue weighted by Crippen LogP contribution is 2.28. The van der Waals surface area contributed by atoms with E-state index in [1.54, 1.807) is 0 Å². The fraction of sp³-hybridized carbons (Fsp3) is 0.562. The number of amides is 1. The number of anilines is 1. The van der Waals surface area contributed by atoms with Gasteiger partial charge in [-0.05, 0) is 51.7 Å². The van der Waals surface area contributed by atoms with Crippen molar-refractivity contribution in [3.8, 4) is 5.75 Å². The third-order valence-electron chi connectivity index (χ3n) is 3.65. The Bertz CT molecular complexity index is 452. The molecule has 1 aliphatic carbocycles. The molecular formula is C16H24N2O2. The molecule has 0 spiro atoms. The SMILES string of the molecule is CC(C)Oc1ccccc1NC(=O)C1CCC(N)CC1. The standard InChI is InChI=1S/C16H24N2O2/c1-11(2)20-15-6-4-3-5-14(15)18-16(19)12-7-9-13(17)10-8-12/h3-6,11-13H,7-10,17H2,1-2H3,(H,18,19). The van der Waals surface area contributed by atoms with Crippen LogP contribution in [0.1, 0.15) is 39.5 Å². The van der Waals surface area contributed by atoms with Crippen LogP contribution in [0, 0.1) is 5.92 Å². The molecule has 1 fully saturated rings. The molecule has 0 unspecified atom stereocenters. The number of carbonyl (C=O) groups is 1. The normalized spacial score (nSPS) is 22.6. The summed E-state index contributed by atoms with van der Waals surface area (Å²) in [5, 5.41) is 3.00. The van der Waals surface area contributed by atoms with Gasteiger partial charge in [0.05, 0.1) is 11.8 Å². The molecule has 0 heterocycles. The lowest BCUT2D eigenvalue weighted by Gasteiger charge is -2.25. The number of nitrogens with one attached hydrogen (secondary N) is 1. The summed E-state index contributed by atoms with van der Waals surface area (Å²) in [4.78, 5) is 12.3. The first-order valence-electron chi connectivity index (χ1n) is 7.38. The molecule has 4 nitrogen and oxygen atoms in total. The Morgan fingerprint density at radius 2 is 1.90 bits per heavy atom. The van der Waals surface area contributed by atoms with Crippen LogP contribution >= 0.6 is 0 Å². The molecule has 1 aromatic carbocycles. The van der Waals surface area contributed by atoms with Crippen molar-refractivity contribution in [1.82, 2.24) is 0 Å². The van der Waals surface area contributed by atoms with Crippen LogP contribution in [-0.4, -0.2) is 18.1 Å².